The van der Waals surface area contributed by atoms with Crippen LogP contribution in [-0.2, 0) is 37.7 Å². The van der Waals surface area contributed by atoms with Crippen molar-refractivity contribution in [2.75, 3.05) is 25.2 Å². The van der Waals surface area contributed by atoms with Gasteiger partial charge in [0.25, 0.3) is 0 Å². The van der Waals surface area contributed by atoms with E-state index in [0.29, 0.717) is 18.9 Å². The van der Waals surface area contributed by atoms with Gasteiger partial charge in [-0.25, -0.2) is 22.0 Å². The number of methoxy groups -OCH3 is 1. The number of sulfone groups is 1. The van der Waals surface area contributed by atoms with Gasteiger partial charge < -0.3 is 25.8 Å². The molecule has 3 rings (SSSR count). The van der Waals surface area contributed by atoms with E-state index in [1.165, 1.54) is 5.56 Å². The molecule has 42 heavy (non-hydrogen) atoms. The number of amides is 2. The minimum atomic E-state index is -3.73. The zero-order chi connectivity index (χ0) is 30.9. The molecular weight excluding hydrogens is 568 g/mol. The molecule has 1 fully saturated rings. The van der Waals surface area contributed by atoms with Gasteiger partial charge in [0.2, 0.25) is 5.91 Å². The number of benzene rings is 2. The van der Waals surface area contributed by atoms with Gasteiger partial charge in [0.15, 0.2) is 9.84 Å². The molecule has 0 bridgehead atoms. The highest BCUT2D eigenvalue weighted by atomic mass is 32.2. The third kappa shape index (κ3) is 9.74. The van der Waals surface area contributed by atoms with E-state index in [9.17, 15) is 31.9 Å². The average molecular weight is 610 g/mol. The molecule has 2 aromatic carbocycles. The third-order valence-corrected chi connectivity index (χ3v) is 9.23. The first kappa shape index (κ1) is 33.4. The van der Waals surface area contributed by atoms with E-state index in [-0.39, 0.29) is 29.8 Å². The van der Waals surface area contributed by atoms with Gasteiger partial charge >= 0.3 is 6.09 Å². The Morgan fingerprint density at radius 3 is 2.33 bits per heavy atom. The number of hydrogen-bond donors (Lipinski definition) is 4. The Hall–Kier alpha value is -3.09. The van der Waals surface area contributed by atoms with Crippen LogP contribution in [0.3, 0.4) is 0 Å². The number of ether oxygens (including phenoxy) is 1. The maximum Gasteiger partial charge on any atom is 0.407 e. The number of carbonyl (C=O) groups excluding carboxylic acids is 2. The first-order chi connectivity index (χ1) is 19.9. The van der Waals surface area contributed by atoms with Crippen LogP contribution >= 0.6 is 0 Å². The Morgan fingerprint density at radius 2 is 1.74 bits per heavy atom. The smallest absolute Gasteiger partial charge is 0.407 e. The number of aliphatic hydroxyl groups excluding tert-OH is 1. The van der Waals surface area contributed by atoms with E-state index in [4.69, 9.17) is 0 Å². The summed E-state index contributed by atoms with van der Waals surface area (Å²) in [4.78, 5) is 25.3. The number of aryl methyl sites for hydroxylation is 1. The second kappa shape index (κ2) is 14.9. The molecule has 1 saturated carbocycles. The Morgan fingerprint density at radius 1 is 1.05 bits per heavy atom. The summed E-state index contributed by atoms with van der Waals surface area (Å²) in [7, 11) is -2.65. The second-order valence-corrected chi connectivity index (χ2v) is 13.1. The molecule has 0 spiro atoms. The highest BCUT2D eigenvalue weighted by Crippen LogP contribution is 2.45. The minimum absolute atomic E-state index is 0.0307. The van der Waals surface area contributed by atoms with Crippen molar-refractivity contribution in [3.05, 3.63) is 70.8 Å². The van der Waals surface area contributed by atoms with E-state index in [1.807, 2.05) is 25.1 Å². The van der Waals surface area contributed by atoms with Crippen LogP contribution in [0.2, 0.25) is 0 Å². The van der Waals surface area contributed by atoms with Gasteiger partial charge in [0.05, 0.1) is 30.8 Å². The molecule has 1 aliphatic rings. The monoisotopic (exact) mass is 609 g/mol. The van der Waals surface area contributed by atoms with Crippen LogP contribution < -0.4 is 16.0 Å². The number of hydrogen-bond acceptors (Lipinski definition) is 7. The molecule has 2 amide bonds. The van der Waals surface area contributed by atoms with E-state index < -0.39 is 57.4 Å². The lowest BCUT2D eigenvalue weighted by Crippen LogP contribution is -2.57. The lowest BCUT2D eigenvalue weighted by molar-refractivity contribution is -0.124. The van der Waals surface area contributed by atoms with Crippen molar-refractivity contribution >= 4 is 21.8 Å². The molecule has 4 N–H and O–H groups in total. The van der Waals surface area contributed by atoms with Gasteiger partial charge in [-0.15, -0.1) is 0 Å². The normalized spacial score (nSPS) is 16.2. The molecule has 3 atom stereocenters. The zero-order valence-corrected chi connectivity index (χ0v) is 25.1. The maximum absolute atomic E-state index is 14.0. The molecule has 0 saturated heterocycles. The van der Waals surface area contributed by atoms with Crippen molar-refractivity contribution < 1.29 is 36.6 Å². The van der Waals surface area contributed by atoms with Crippen molar-refractivity contribution in [1.29, 1.82) is 0 Å². The number of carbonyl (C=O) groups is 2. The quantitative estimate of drug-likeness (QED) is 0.230. The van der Waals surface area contributed by atoms with E-state index >= 15 is 0 Å². The number of unbranched alkanes of at least 4 members (excludes halogenated alkanes) is 1. The molecule has 0 aliphatic heterocycles. The molecule has 9 nitrogen and oxygen atoms in total. The predicted molar refractivity (Wildman–Crippen MR) is 156 cm³/mol. The molecular formula is C30H41F2N3O6S. The summed E-state index contributed by atoms with van der Waals surface area (Å²) in [6, 6.07) is 8.47. The fourth-order valence-corrected chi connectivity index (χ4v) is 6.50. The van der Waals surface area contributed by atoms with E-state index in [2.05, 4.69) is 33.7 Å². The van der Waals surface area contributed by atoms with Gasteiger partial charge in [-0.1, -0.05) is 44.5 Å². The maximum atomic E-state index is 14.0. The average Bonchev–Trinajstić information content (AvgIpc) is 3.74. The van der Waals surface area contributed by atoms with Crippen molar-refractivity contribution in [2.24, 2.45) is 0 Å². The van der Waals surface area contributed by atoms with Gasteiger partial charge in [-0.05, 0) is 60.9 Å². The highest BCUT2D eigenvalue weighted by molar-refractivity contribution is 7.91. The van der Waals surface area contributed by atoms with E-state index in [1.54, 1.807) is 0 Å². The van der Waals surface area contributed by atoms with Crippen molar-refractivity contribution in [3.63, 3.8) is 0 Å². The molecule has 1 aliphatic carbocycles. The van der Waals surface area contributed by atoms with Gasteiger partial charge in [-0.2, -0.15) is 0 Å². The Kier molecular flexibility index (Phi) is 11.8. The molecule has 0 radical (unpaired) electrons. The summed E-state index contributed by atoms with van der Waals surface area (Å²) >= 11 is 0. The highest BCUT2D eigenvalue weighted by Gasteiger charge is 2.44. The second-order valence-electron chi connectivity index (χ2n) is 10.8. The fraction of sp³-hybridized carbons (Fsp3) is 0.533. The van der Waals surface area contributed by atoms with Crippen molar-refractivity contribution in [2.45, 2.75) is 76.1 Å². The van der Waals surface area contributed by atoms with Crippen LogP contribution in [0, 0.1) is 11.6 Å². The summed E-state index contributed by atoms with van der Waals surface area (Å²) in [6.45, 7) is 3.92. The summed E-state index contributed by atoms with van der Waals surface area (Å²) < 4.78 is 57.8. The van der Waals surface area contributed by atoms with Crippen LogP contribution in [0.15, 0.2) is 42.5 Å². The lowest BCUT2D eigenvalue weighted by Gasteiger charge is -2.29. The summed E-state index contributed by atoms with van der Waals surface area (Å²) in [6.07, 6.45) is 1.18. The van der Waals surface area contributed by atoms with E-state index in [0.717, 1.165) is 44.1 Å². The SMILES string of the molecule is CCCCS(=O)(=O)C[C@@H](NC(=O)OC)C(=O)N[C@@H](Cc1cc(F)cc(F)c1)[C@H](O)CNC1(c2cccc(CC)c2)CC1. The Bertz CT molecular complexity index is 1320. The number of aliphatic hydroxyl groups is 1. The van der Waals surface area contributed by atoms with Crippen molar-refractivity contribution in [1.82, 2.24) is 16.0 Å². The standard InChI is InChI=1S/C30H41F2N3O6S/c1-4-6-12-42(39,40)19-26(35-29(38)41-3)28(37)34-25(16-21-14-23(31)17-24(32)15-21)27(36)18-33-30(10-11-30)22-9-7-8-20(5-2)13-22/h7-9,13-15,17,25-27,33,36H,4-6,10-12,16,18-19H2,1-3H3,(H,34,37)(H,35,38)/t25-,26+,27+/m0/s1. The number of rotatable bonds is 16. The summed E-state index contributed by atoms with van der Waals surface area (Å²) in [5.74, 6) is -3.36. The summed E-state index contributed by atoms with van der Waals surface area (Å²) in [5.41, 5.74) is 2.11. The Balaban J connectivity index is 1.82. The molecule has 2 aromatic rings. The molecule has 0 unspecified atom stereocenters. The first-order valence-electron chi connectivity index (χ1n) is 14.2. The largest absolute Gasteiger partial charge is 0.453 e. The molecule has 232 valence electrons. The predicted octanol–water partition coefficient (Wildman–Crippen LogP) is 3.13. The molecule has 12 heteroatoms. The zero-order valence-electron chi connectivity index (χ0n) is 24.3. The number of nitrogens with one attached hydrogen (secondary N) is 3. The minimum Gasteiger partial charge on any atom is -0.453 e. The van der Waals surface area contributed by atoms with Gasteiger partial charge in [0.1, 0.15) is 17.7 Å². The number of alkyl carbamates (subject to hydrolysis) is 1. The topological polar surface area (TPSA) is 134 Å². The lowest BCUT2D eigenvalue weighted by atomic mass is 9.98. The van der Waals surface area contributed by atoms with Crippen molar-refractivity contribution in [3.8, 4) is 0 Å². The van der Waals surface area contributed by atoms with Crippen LogP contribution in [0.5, 0.6) is 0 Å². The molecule has 0 heterocycles. The third-order valence-electron chi connectivity index (χ3n) is 7.48. The fourth-order valence-electron chi connectivity index (χ4n) is 4.86. The van der Waals surface area contributed by atoms with Crippen LogP contribution in [0.1, 0.15) is 56.2 Å². The number of halogens is 2. The van der Waals surface area contributed by atoms with Crippen LogP contribution in [0.4, 0.5) is 13.6 Å². The Labute approximate surface area is 246 Å². The van der Waals surface area contributed by atoms with Gasteiger partial charge in [-0.3, -0.25) is 4.79 Å². The summed E-state index contributed by atoms with van der Waals surface area (Å²) in [5, 5.41) is 19.5. The van der Waals surface area contributed by atoms with Crippen LogP contribution in [-0.4, -0.2) is 68.9 Å². The first-order valence-corrected chi connectivity index (χ1v) is 16.0. The van der Waals surface area contributed by atoms with Gasteiger partial charge in [0, 0.05) is 18.2 Å². The molecule has 0 aromatic heterocycles. The van der Waals surface area contributed by atoms with Crippen LogP contribution in [0.25, 0.3) is 0 Å².